The van der Waals surface area contributed by atoms with Gasteiger partial charge in [0.1, 0.15) is 5.16 Å². The number of methoxy groups -OCH3 is 1. The molecule has 0 aliphatic rings. The van der Waals surface area contributed by atoms with Crippen molar-refractivity contribution in [2.45, 2.75) is 57.5 Å². The van der Waals surface area contributed by atoms with Crippen LogP contribution in [0.3, 0.4) is 0 Å². The molecule has 0 aromatic heterocycles. The lowest BCUT2D eigenvalue weighted by atomic mass is 9.90. The first-order chi connectivity index (χ1) is 11.5. The molecule has 0 heterocycles. The first-order valence-electron chi connectivity index (χ1n) is 8.67. The van der Waals surface area contributed by atoms with E-state index in [1.165, 1.54) is 19.8 Å². The number of ether oxygens (including phenoxy) is 1. The molecular weight excluding hydrogens is 323 g/mol. The molecule has 24 heavy (non-hydrogen) atoms. The van der Waals surface area contributed by atoms with Crippen LogP contribution in [0.15, 0.2) is 30.3 Å². The summed E-state index contributed by atoms with van der Waals surface area (Å²) in [6, 6.07) is 10.4. The van der Waals surface area contributed by atoms with Crippen LogP contribution in [0, 0.1) is 5.92 Å². The van der Waals surface area contributed by atoms with Crippen molar-refractivity contribution in [2.75, 3.05) is 14.2 Å². The summed E-state index contributed by atoms with van der Waals surface area (Å²) in [6.07, 6.45) is 4.99. The van der Waals surface area contributed by atoms with Crippen LogP contribution in [-0.2, 0) is 25.0 Å². The highest BCUT2D eigenvalue weighted by atomic mass is 31.1. The Morgan fingerprint density at radius 2 is 1.79 bits per heavy atom. The number of hydrogen-bond donors (Lipinski definition) is 0. The lowest BCUT2D eigenvalue weighted by molar-refractivity contribution is -0.144. The van der Waals surface area contributed by atoms with Crippen molar-refractivity contribution in [2.24, 2.45) is 5.92 Å². The van der Waals surface area contributed by atoms with E-state index in [4.69, 9.17) is 9.26 Å². The molecule has 1 aromatic rings. The molecule has 136 valence electrons. The van der Waals surface area contributed by atoms with E-state index < -0.39 is 19.2 Å². The monoisotopic (exact) mass is 354 g/mol. The predicted octanol–water partition coefficient (Wildman–Crippen LogP) is 4.87. The Balaban J connectivity index is 2.63. The molecule has 4 nitrogen and oxygen atoms in total. The molecule has 0 spiro atoms. The van der Waals surface area contributed by atoms with Crippen molar-refractivity contribution in [3.63, 3.8) is 0 Å². The minimum absolute atomic E-state index is 0.248. The number of rotatable bonds is 11. The maximum Gasteiger partial charge on any atom is 0.321 e. The molecule has 0 aliphatic carbocycles. The zero-order chi connectivity index (χ0) is 18.0. The highest BCUT2D eigenvalue weighted by Crippen LogP contribution is 2.48. The molecule has 2 atom stereocenters. The maximum atomic E-state index is 12.5. The van der Waals surface area contributed by atoms with Gasteiger partial charge in [-0.25, -0.2) is 0 Å². The minimum Gasteiger partial charge on any atom is -0.468 e. The van der Waals surface area contributed by atoms with Gasteiger partial charge in [0.25, 0.3) is 0 Å². The van der Waals surface area contributed by atoms with Crippen molar-refractivity contribution in [1.29, 1.82) is 0 Å². The molecule has 1 rings (SSSR count). The fraction of sp³-hybridized carbons (Fsp3) is 0.632. The van der Waals surface area contributed by atoms with Gasteiger partial charge in [-0.05, 0) is 37.2 Å². The molecule has 1 aromatic carbocycles. The Labute approximate surface area is 146 Å². The summed E-state index contributed by atoms with van der Waals surface area (Å²) in [5.41, 5.74) is 1.32. The number of benzene rings is 1. The van der Waals surface area contributed by atoms with Crippen molar-refractivity contribution in [3.8, 4) is 0 Å². The Morgan fingerprint density at radius 1 is 1.12 bits per heavy atom. The molecule has 2 unspecified atom stereocenters. The van der Waals surface area contributed by atoms with Crippen LogP contribution in [0.25, 0.3) is 0 Å². The molecule has 0 radical (unpaired) electrons. The van der Waals surface area contributed by atoms with Crippen LogP contribution in [-0.4, -0.2) is 25.3 Å². The third-order valence-corrected chi connectivity index (χ3v) is 6.13. The summed E-state index contributed by atoms with van der Waals surface area (Å²) in [4.78, 5) is 12.4. The third kappa shape index (κ3) is 6.07. The minimum atomic E-state index is -2.50. The fourth-order valence-electron chi connectivity index (χ4n) is 3.22. The van der Waals surface area contributed by atoms with E-state index in [0.717, 1.165) is 25.7 Å². The van der Waals surface area contributed by atoms with Crippen molar-refractivity contribution >= 4 is 14.0 Å². The summed E-state index contributed by atoms with van der Waals surface area (Å²) >= 11 is 0. The van der Waals surface area contributed by atoms with Gasteiger partial charge in [-0.2, -0.15) is 0 Å². The van der Waals surface area contributed by atoms with E-state index in [1.807, 2.05) is 32.0 Å². The van der Waals surface area contributed by atoms with Crippen LogP contribution >= 0.6 is 8.03 Å². The van der Waals surface area contributed by atoms with Gasteiger partial charge in [0.15, 0.2) is 0 Å². The van der Waals surface area contributed by atoms with Gasteiger partial charge in [-0.3, -0.25) is 9.36 Å². The number of hydrogen-bond acceptors (Lipinski definition) is 4. The lowest BCUT2D eigenvalue weighted by Gasteiger charge is -2.31. The topological polar surface area (TPSA) is 52.6 Å². The summed E-state index contributed by atoms with van der Waals surface area (Å²) in [6.45, 7) is 4.05. The second kappa shape index (κ2) is 10.7. The van der Waals surface area contributed by atoms with Gasteiger partial charge in [0.05, 0.1) is 7.11 Å². The Bertz CT molecular complexity index is 497. The summed E-state index contributed by atoms with van der Waals surface area (Å²) in [5.74, 6) is -0.150. The van der Waals surface area contributed by atoms with Crippen molar-refractivity contribution in [3.05, 3.63) is 35.9 Å². The first kappa shape index (κ1) is 20.9. The van der Waals surface area contributed by atoms with E-state index in [1.54, 1.807) is 0 Å². The SMILES string of the molecule is COC(=O)C(CCCCCc1ccccc1)(CC(C)C)[PH](=O)OC. The molecule has 0 bridgehead atoms. The summed E-state index contributed by atoms with van der Waals surface area (Å²) < 4.78 is 22.6. The molecule has 0 amide bonds. The highest BCUT2D eigenvalue weighted by molar-refractivity contribution is 7.42. The Kier molecular flexibility index (Phi) is 9.31. The van der Waals surface area contributed by atoms with Crippen LogP contribution in [0.2, 0.25) is 0 Å². The van der Waals surface area contributed by atoms with E-state index in [2.05, 4.69) is 12.1 Å². The van der Waals surface area contributed by atoms with Gasteiger partial charge in [0, 0.05) is 7.11 Å². The largest absolute Gasteiger partial charge is 0.468 e. The zero-order valence-corrected chi connectivity index (χ0v) is 16.3. The quantitative estimate of drug-likeness (QED) is 0.323. The average molecular weight is 354 g/mol. The van der Waals surface area contributed by atoms with Crippen LogP contribution in [0.5, 0.6) is 0 Å². The molecule has 0 N–H and O–H groups in total. The molecule has 0 aliphatic heterocycles. The van der Waals surface area contributed by atoms with E-state index in [0.29, 0.717) is 12.8 Å². The van der Waals surface area contributed by atoms with E-state index >= 15 is 0 Å². The molecular formula is C19H31O4P. The standard InChI is InChI=1S/C19H31O4P/c1-16(2)15-19(18(20)22-3,24(21)23-4)14-10-6-9-13-17-11-7-5-8-12-17/h5,7-8,11-12,16,24H,6,9-10,13-15H2,1-4H3. The Hall–Kier alpha value is -1.12. The van der Waals surface area contributed by atoms with Crippen molar-refractivity contribution < 1.29 is 18.6 Å². The second-order valence-electron chi connectivity index (χ2n) is 6.71. The highest BCUT2D eigenvalue weighted by Gasteiger charge is 2.45. The molecule has 0 saturated heterocycles. The molecule has 0 saturated carbocycles. The van der Waals surface area contributed by atoms with E-state index in [-0.39, 0.29) is 5.92 Å². The molecule has 5 heteroatoms. The number of carbonyl (C=O) groups excluding carboxylic acids is 1. The fourth-order valence-corrected chi connectivity index (χ4v) is 4.84. The lowest BCUT2D eigenvalue weighted by Crippen LogP contribution is -2.38. The Morgan fingerprint density at radius 3 is 2.33 bits per heavy atom. The van der Waals surface area contributed by atoms with Gasteiger partial charge in [-0.15, -0.1) is 0 Å². The van der Waals surface area contributed by atoms with Gasteiger partial charge in [0.2, 0.25) is 8.03 Å². The zero-order valence-electron chi connectivity index (χ0n) is 15.3. The number of esters is 1. The predicted molar refractivity (Wildman–Crippen MR) is 98.8 cm³/mol. The summed E-state index contributed by atoms with van der Waals surface area (Å²) in [7, 11) is 0.274. The number of unbranched alkanes of at least 4 members (excludes halogenated alkanes) is 2. The second-order valence-corrected chi connectivity index (χ2v) is 8.65. The average Bonchev–Trinajstić information content (AvgIpc) is 2.59. The molecule has 0 fully saturated rings. The number of aryl methyl sites for hydroxylation is 1. The summed E-state index contributed by atoms with van der Waals surface area (Å²) in [5, 5.41) is -0.991. The van der Waals surface area contributed by atoms with Gasteiger partial charge in [-0.1, -0.05) is 57.0 Å². The number of carbonyl (C=O) groups is 1. The third-order valence-electron chi connectivity index (χ3n) is 4.32. The van der Waals surface area contributed by atoms with Crippen LogP contribution < -0.4 is 0 Å². The van der Waals surface area contributed by atoms with Crippen LogP contribution in [0.1, 0.15) is 51.5 Å². The van der Waals surface area contributed by atoms with Gasteiger partial charge < -0.3 is 9.26 Å². The normalized spacial score (nSPS) is 15.0. The van der Waals surface area contributed by atoms with Crippen molar-refractivity contribution in [1.82, 2.24) is 0 Å². The van der Waals surface area contributed by atoms with Gasteiger partial charge >= 0.3 is 5.97 Å². The first-order valence-corrected chi connectivity index (χ1v) is 9.98. The maximum absolute atomic E-state index is 12.5. The smallest absolute Gasteiger partial charge is 0.321 e. The van der Waals surface area contributed by atoms with Crippen LogP contribution in [0.4, 0.5) is 0 Å². The van der Waals surface area contributed by atoms with E-state index in [9.17, 15) is 9.36 Å².